The molecular weight excluding hydrogens is 301 g/mol. The Morgan fingerprint density at radius 2 is 1.42 bits per heavy atom. The zero-order chi connectivity index (χ0) is 16.9. The third-order valence-electron chi connectivity index (χ3n) is 3.92. The van der Waals surface area contributed by atoms with Crippen LogP contribution in [-0.4, -0.2) is 17.9 Å². The average Bonchev–Trinajstić information content (AvgIpc) is 2.64. The molecule has 3 heteroatoms. The molecule has 3 aromatic carbocycles. The molecule has 0 atom stereocenters. The molecule has 0 fully saturated rings. The first-order valence-corrected chi connectivity index (χ1v) is 7.79. The summed E-state index contributed by atoms with van der Waals surface area (Å²) in [5.74, 6) is -0.330. The van der Waals surface area contributed by atoms with Gasteiger partial charge in [-0.3, -0.25) is 4.79 Å². The van der Waals surface area contributed by atoms with Crippen molar-refractivity contribution in [3.63, 3.8) is 0 Å². The average molecular weight is 319 g/mol. The molecule has 1 amide bonds. The van der Waals surface area contributed by atoms with E-state index in [9.17, 15) is 9.18 Å². The number of benzene rings is 3. The van der Waals surface area contributed by atoms with E-state index in [-0.39, 0.29) is 11.7 Å². The Morgan fingerprint density at radius 1 is 0.833 bits per heavy atom. The van der Waals surface area contributed by atoms with Crippen LogP contribution >= 0.6 is 0 Å². The van der Waals surface area contributed by atoms with Crippen molar-refractivity contribution in [1.82, 2.24) is 4.90 Å². The van der Waals surface area contributed by atoms with E-state index in [2.05, 4.69) is 0 Å². The quantitative estimate of drug-likeness (QED) is 0.678. The number of hydrogen-bond acceptors (Lipinski definition) is 1. The lowest BCUT2D eigenvalue weighted by molar-refractivity contribution is 0.0785. The van der Waals surface area contributed by atoms with Gasteiger partial charge >= 0.3 is 0 Å². The summed E-state index contributed by atoms with van der Waals surface area (Å²) < 4.78 is 12.9. The van der Waals surface area contributed by atoms with E-state index in [1.165, 1.54) is 12.1 Å². The van der Waals surface area contributed by atoms with Crippen LogP contribution in [0.25, 0.3) is 11.1 Å². The Labute approximate surface area is 141 Å². The molecule has 0 N–H and O–H groups in total. The van der Waals surface area contributed by atoms with Crippen molar-refractivity contribution < 1.29 is 9.18 Å². The number of rotatable bonds is 4. The zero-order valence-corrected chi connectivity index (χ0v) is 13.4. The van der Waals surface area contributed by atoms with Gasteiger partial charge in [-0.15, -0.1) is 0 Å². The minimum absolute atomic E-state index is 0.0565. The maximum Gasteiger partial charge on any atom is 0.253 e. The number of halogens is 1. The van der Waals surface area contributed by atoms with Gasteiger partial charge < -0.3 is 4.90 Å². The van der Waals surface area contributed by atoms with Crippen LogP contribution < -0.4 is 0 Å². The van der Waals surface area contributed by atoms with Gasteiger partial charge in [-0.05, 0) is 41.0 Å². The van der Waals surface area contributed by atoms with Gasteiger partial charge in [0.2, 0.25) is 0 Å². The van der Waals surface area contributed by atoms with Gasteiger partial charge in [0, 0.05) is 19.2 Å². The number of hydrogen-bond donors (Lipinski definition) is 0. The summed E-state index contributed by atoms with van der Waals surface area (Å²) in [7, 11) is 1.75. The lowest BCUT2D eigenvalue weighted by Crippen LogP contribution is -2.26. The molecule has 24 heavy (non-hydrogen) atoms. The Hall–Kier alpha value is -2.94. The Balaban J connectivity index is 1.71. The molecule has 0 aliphatic rings. The molecule has 0 aliphatic carbocycles. The van der Waals surface area contributed by atoms with E-state index in [0.29, 0.717) is 12.1 Å². The largest absolute Gasteiger partial charge is 0.337 e. The van der Waals surface area contributed by atoms with Crippen molar-refractivity contribution in [3.05, 3.63) is 95.8 Å². The molecule has 0 bridgehead atoms. The van der Waals surface area contributed by atoms with Crippen LogP contribution in [-0.2, 0) is 6.54 Å². The second-order valence-corrected chi connectivity index (χ2v) is 5.73. The Bertz CT molecular complexity index is 811. The number of carbonyl (C=O) groups is 1. The van der Waals surface area contributed by atoms with E-state index in [1.807, 2.05) is 54.6 Å². The van der Waals surface area contributed by atoms with Gasteiger partial charge in [0.15, 0.2) is 0 Å². The van der Waals surface area contributed by atoms with Gasteiger partial charge in [-0.2, -0.15) is 0 Å². The fourth-order valence-electron chi connectivity index (χ4n) is 2.59. The maximum absolute atomic E-state index is 12.9. The normalized spacial score (nSPS) is 10.4. The van der Waals surface area contributed by atoms with Gasteiger partial charge in [0.05, 0.1) is 0 Å². The van der Waals surface area contributed by atoms with E-state index < -0.39 is 0 Å². The highest BCUT2D eigenvalue weighted by Crippen LogP contribution is 2.20. The smallest absolute Gasteiger partial charge is 0.253 e. The molecule has 0 saturated carbocycles. The van der Waals surface area contributed by atoms with E-state index in [4.69, 9.17) is 0 Å². The summed E-state index contributed by atoms with van der Waals surface area (Å²) in [4.78, 5) is 14.1. The fraction of sp³-hybridized carbons (Fsp3) is 0.0952. The summed E-state index contributed by atoms with van der Waals surface area (Å²) in [5.41, 5.74) is 3.73. The summed E-state index contributed by atoms with van der Waals surface area (Å²) >= 11 is 0. The van der Waals surface area contributed by atoms with Crippen LogP contribution in [0.15, 0.2) is 78.9 Å². The minimum atomic E-state index is -0.274. The predicted molar refractivity (Wildman–Crippen MR) is 94.1 cm³/mol. The van der Waals surface area contributed by atoms with Crippen LogP contribution in [0.1, 0.15) is 15.9 Å². The third-order valence-corrected chi connectivity index (χ3v) is 3.92. The van der Waals surface area contributed by atoms with Gasteiger partial charge in [-0.1, -0.05) is 54.6 Å². The zero-order valence-electron chi connectivity index (χ0n) is 13.4. The third kappa shape index (κ3) is 3.69. The Morgan fingerprint density at radius 3 is 2.04 bits per heavy atom. The van der Waals surface area contributed by atoms with Gasteiger partial charge in [-0.25, -0.2) is 4.39 Å². The summed E-state index contributed by atoms with van der Waals surface area (Å²) in [6.07, 6.45) is 0. The number of carbonyl (C=O) groups excluding carboxylic acids is 1. The lowest BCUT2D eigenvalue weighted by Gasteiger charge is -2.17. The first-order chi connectivity index (χ1) is 11.6. The first kappa shape index (κ1) is 15.9. The molecule has 2 nitrogen and oxygen atoms in total. The molecule has 0 aromatic heterocycles. The fourth-order valence-corrected chi connectivity index (χ4v) is 2.59. The topological polar surface area (TPSA) is 20.3 Å². The SMILES string of the molecule is CN(Cc1ccc(F)cc1)C(=O)c1ccc(-c2ccccc2)cc1. The van der Waals surface area contributed by atoms with Crippen LogP contribution in [0.3, 0.4) is 0 Å². The molecule has 0 unspecified atom stereocenters. The molecule has 120 valence electrons. The van der Waals surface area contributed by atoms with E-state index in [0.717, 1.165) is 16.7 Å². The van der Waals surface area contributed by atoms with Crippen molar-refractivity contribution in [1.29, 1.82) is 0 Å². The van der Waals surface area contributed by atoms with Crippen LogP contribution in [0, 0.1) is 5.82 Å². The first-order valence-electron chi connectivity index (χ1n) is 7.79. The summed E-state index contributed by atoms with van der Waals surface area (Å²) in [6.45, 7) is 0.444. The molecular formula is C21H18FNO. The van der Waals surface area contributed by atoms with E-state index in [1.54, 1.807) is 24.1 Å². The molecule has 3 rings (SSSR count). The van der Waals surface area contributed by atoms with Crippen LogP contribution in [0.5, 0.6) is 0 Å². The lowest BCUT2D eigenvalue weighted by atomic mass is 10.0. The van der Waals surface area contributed by atoms with Crippen LogP contribution in [0.2, 0.25) is 0 Å². The highest BCUT2D eigenvalue weighted by Gasteiger charge is 2.12. The second-order valence-electron chi connectivity index (χ2n) is 5.73. The minimum Gasteiger partial charge on any atom is -0.337 e. The molecule has 0 heterocycles. The van der Waals surface area contributed by atoms with Crippen LogP contribution in [0.4, 0.5) is 4.39 Å². The van der Waals surface area contributed by atoms with Crippen molar-refractivity contribution in [2.24, 2.45) is 0 Å². The molecule has 0 saturated heterocycles. The molecule has 0 aliphatic heterocycles. The number of nitrogens with zero attached hydrogens (tertiary/aromatic N) is 1. The predicted octanol–water partition coefficient (Wildman–Crippen LogP) is 4.76. The molecule has 3 aromatic rings. The molecule has 0 radical (unpaired) electrons. The maximum atomic E-state index is 12.9. The molecule has 0 spiro atoms. The highest BCUT2D eigenvalue weighted by molar-refractivity contribution is 5.94. The standard InChI is InChI=1S/C21H18FNO/c1-23(15-16-7-13-20(22)14-8-16)21(24)19-11-9-18(10-12-19)17-5-3-2-4-6-17/h2-14H,15H2,1H3. The van der Waals surface area contributed by atoms with Crippen molar-refractivity contribution in [3.8, 4) is 11.1 Å². The summed E-state index contributed by atoms with van der Waals surface area (Å²) in [5, 5.41) is 0. The Kier molecular flexibility index (Phi) is 4.71. The highest BCUT2D eigenvalue weighted by atomic mass is 19.1. The van der Waals surface area contributed by atoms with E-state index >= 15 is 0 Å². The summed E-state index contributed by atoms with van der Waals surface area (Å²) in [6, 6.07) is 23.8. The van der Waals surface area contributed by atoms with Gasteiger partial charge in [0.1, 0.15) is 5.82 Å². The number of amides is 1. The van der Waals surface area contributed by atoms with Crippen molar-refractivity contribution in [2.75, 3.05) is 7.05 Å². The van der Waals surface area contributed by atoms with Crippen molar-refractivity contribution >= 4 is 5.91 Å². The van der Waals surface area contributed by atoms with Crippen molar-refractivity contribution in [2.45, 2.75) is 6.54 Å². The monoisotopic (exact) mass is 319 g/mol. The van der Waals surface area contributed by atoms with Gasteiger partial charge in [0.25, 0.3) is 5.91 Å². The second kappa shape index (κ2) is 7.09.